The predicted molar refractivity (Wildman–Crippen MR) is 81.7 cm³/mol. The number of nitrogens with zero attached hydrogens (tertiary/aromatic N) is 1. The lowest BCUT2D eigenvalue weighted by atomic mass is 9.97. The average molecular weight is 333 g/mol. The molecule has 0 saturated carbocycles. The molecule has 0 spiro atoms. The summed E-state index contributed by atoms with van der Waals surface area (Å²) in [7, 11) is 1.56. The zero-order valence-corrected chi connectivity index (χ0v) is 13.2. The number of hydroxylamine groups is 1. The number of hydrogen-bond acceptors (Lipinski definition) is 4. The van der Waals surface area contributed by atoms with Gasteiger partial charge in [-0.1, -0.05) is 23.2 Å². The zero-order valence-electron chi connectivity index (χ0n) is 11.7. The maximum atomic E-state index is 12.0. The summed E-state index contributed by atoms with van der Waals surface area (Å²) in [5, 5.41) is 10.7. The van der Waals surface area contributed by atoms with Crippen molar-refractivity contribution in [2.45, 2.75) is 18.8 Å². The van der Waals surface area contributed by atoms with Crippen molar-refractivity contribution in [1.82, 2.24) is 10.4 Å². The summed E-state index contributed by atoms with van der Waals surface area (Å²) in [6.45, 7) is 1.86. The van der Waals surface area contributed by atoms with Crippen LogP contribution in [0.1, 0.15) is 24.3 Å². The van der Waals surface area contributed by atoms with E-state index in [9.17, 15) is 9.90 Å². The van der Waals surface area contributed by atoms with Gasteiger partial charge >= 0.3 is 0 Å². The summed E-state index contributed by atoms with van der Waals surface area (Å²) in [6, 6.07) is 3.06. The van der Waals surface area contributed by atoms with Crippen LogP contribution in [0.4, 0.5) is 0 Å². The van der Waals surface area contributed by atoms with Crippen molar-refractivity contribution in [3.8, 4) is 5.75 Å². The largest absolute Gasteiger partial charge is 0.508 e. The first-order chi connectivity index (χ1) is 10.0. The minimum atomic E-state index is -0.126. The number of amides is 1. The lowest BCUT2D eigenvalue weighted by molar-refractivity contribution is -0.127. The molecule has 116 valence electrons. The Morgan fingerprint density at radius 2 is 2.24 bits per heavy atom. The Hall–Kier alpha value is -1.01. The van der Waals surface area contributed by atoms with E-state index in [0.717, 1.165) is 6.42 Å². The average Bonchev–Trinajstić information content (AvgIpc) is 2.81. The third-order valence-electron chi connectivity index (χ3n) is 3.58. The highest BCUT2D eigenvalue weighted by Gasteiger charge is 2.33. The lowest BCUT2D eigenvalue weighted by Crippen LogP contribution is -2.28. The van der Waals surface area contributed by atoms with Gasteiger partial charge in [0.05, 0.1) is 17.2 Å². The number of phenols is 1. The number of rotatable bonds is 6. The second-order valence-electron chi connectivity index (χ2n) is 4.99. The van der Waals surface area contributed by atoms with Gasteiger partial charge in [0.15, 0.2) is 0 Å². The van der Waals surface area contributed by atoms with E-state index >= 15 is 0 Å². The Morgan fingerprint density at radius 3 is 2.95 bits per heavy atom. The van der Waals surface area contributed by atoms with Crippen LogP contribution in [0.25, 0.3) is 0 Å². The molecule has 1 aliphatic heterocycles. The van der Waals surface area contributed by atoms with Gasteiger partial charge in [0.25, 0.3) is 0 Å². The van der Waals surface area contributed by atoms with Crippen molar-refractivity contribution < 1.29 is 14.7 Å². The van der Waals surface area contributed by atoms with Crippen LogP contribution in [0.2, 0.25) is 10.0 Å². The van der Waals surface area contributed by atoms with Crippen molar-refractivity contribution >= 4 is 29.1 Å². The van der Waals surface area contributed by atoms with E-state index in [2.05, 4.69) is 5.48 Å². The molecule has 7 heteroatoms. The maximum absolute atomic E-state index is 12.0. The molecule has 5 nitrogen and oxygen atoms in total. The van der Waals surface area contributed by atoms with E-state index in [0.29, 0.717) is 41.7 Å². The van der Waals surface area contributed by atoms with E-state index in [1.807, 2.05) is 0 Å². The van der Waals surface area contributed by atoms with Crippen molar-refractivity contribution in [3.63, 3.8) is 0 Å². The molecule has 1 amide bonds. The van der Waals surface area contributed by atoms with Gasteiger partial charge in [-0.25, -0.2) is 5.48 Å². The molecule has 1 saturated heterocycles. The highest BCUT2D eigenvalue weighted by molar-refractivity contribution is 6.42. The molecule has 1 heterocycles. The minimum Gasteiger partial charge on any atom is -0.508 e. The maximum Gasteiger partial charge on any atom is 0.223 e. The van der Waals surface area contributed by atoms with Crippen LogP contribution in [0, 0.1) is 0 Å². The first-order valence-corrected chi connectivity index (χ1v) is 7.50. The van der Waals surface area contributed by atoms with Crippen molar-refractivity contribution in [2.75, 3.05) is 26.7 Å². The lowest BCUT2D eigenvalue weighted by Gasteiger charge is -2.18. The van der Waals surface area contributed by atoms with Crippen molar-refractivity contribution in [3.05, 3.63) is 27.7 Å². The molecule has 2 N–H and O–H groups in total. The van der Waals surface area contributed by atoms with Crippen LogP contribution < -0.4 is 5.48 Å². The third kappa shape index (κ3) is 3.80. The first kappa shape index (κ1) is 16.4. The molecule has 1 aromatic rings. The number of hydrogen-bond donors (Lipinski definition) is 2. The SMILES string of the molecule is CONCCCN1CC(c2c(O)ccc(Cl)c2Cl)CC1=O. The third-order valence-corrected chi connectivity index (χ3v) is 4.40. The molecule has 21 heavy (non-hydrogen) atoms. The van der Waals surface area contributed by atoms with Crippen LogP contribution in [-0.2, 0) is 9.63 Å². The number of likely N-dealkylation sites (tertiary alicyclic amines) is 1. The number of benzene rings is 1. The normalized spacial score (nSPS) is 18.5. The molecule has 0 aliphatic carbocycles. The summed E-state index contributed by atoms with van der Waals surface area (Å²) in [4.78, 5) is 18.6. The number of nitrogens with one attached hydrogen (secondary N) is 1. The van der Waals surface area contributed by atoms with Gasteiger partial charge in [0.2, 0.25) is 5.91 Å². The van der Waals surface area contributed by atoms with E-state index < -0.39 is 0 Å². The van der Waals surface area contributed by atoms with Crippen LogP contribution in [0.5, 0.6) is 5.75 Å². The number of halogens is 2. The number of carbonyl (C=O) groups excluding carboxylic acids is 1. The summed E-state index contributed by atoms with van der Waals surface area (Å²) in [5.41, 5.74) is 3.30. The second-order valence-corrected chi connectivity index (χ2v) is 5.77. The minimum absolute atomic E-state index is 0.0628. The number of aromatic hydroxyl groups is 1. The number of phenolic OH excluding ortho intramolecular Hbond substituents is 1. The number of carbonyl (C=O) groups is 1. The quantitative estimate of drug-likeness (QED) is 0.620. The van der Waals surface area contributed by atoms with Crippen molar-refractivity contribution in [2.24, 2.45) is 0 Å². The van der Waals surface area contributed by atoms with Crippen LogP contribution in [0.3, 0.4) is 0 Å². The van der Waals surface area contributed by atoms with Gasteiger partial charge in [-0.2, -0.15) is 0 Å². The smallest absolute Gasteiger partial charge is 0.223 e. The highest BCUT2D eigenvalue weighted by atomic mass is 35.5. The second kappa shape index (κ2) is 7.31. The van der Waals surface area contributed by atoms with Gasteiger partial charge in [-0.05, 0) is 18.6 Å². The Kier molecular flexibility index (Phi) is 5.70. The van der Waals surface area contributed by atoms with Gasteiger partial charge in [-0.15, -0.1) is 0 Å². The highest BCUT2D eigenvalue weighted by Crippen LogP contribution is 2.41. The van der Waals surface area contributed by atoms with Crippen LogP contribution >= 0.6 is 23.2 Å². The molecular weight excluding hydrogens is 315 g/mol. The Bertz CT molecular complexity index is 525. The van der Waals surface area contributed by atoms with E-state index in [1.165, 1.54) is 6.07 Å². The molecule has 0 bridgehead atoms. The molecular formula is C14H18Cl2N2O3. The molecule has 2 rings (SSSR count). The fraction of sp³-hybridized carbons (Fsp3) is 0.500. The monoisotopic (exact) mass is 332 g/mol. The molecule has 0 aromatic heterocycles. The molecule has 0 radical (unpaired) electrons. The summed E-state index contributed by atoms with van der Waals surface area (Å²) in [5.74, 6) is 0.0250. The molecule has 1 fully saturated rings. The molecule has 1 aliphatic rings. The Labute approximate surface area is 133 Å². The van der Waals surface area contributed by atoms with Crippen molar-refractivity contribution in [1.29, 1.82) is 0 Å². The summed E-state index contributed by atoms with van der Waals surface area (Å²) < 4.78 is 0. The van der Waals surface area contributed by atoms with Crippen LogP contribution in [-0.4, -0.2) is 42.7 Å². The Morgan fingerprint density at radius 1 is 1.48 bits per heavy atom. The van der Waals surface area contributed by atoms with Gasteiger partial charge in [0, 0.05) is 37.5 Å². The fourth-order valence-electron chi connectivity index (χ4n) is 2.57. The summed E-state index contributed by atoms with van der Waals surface area (Å²) in [6.07, 6.45) is 1.13. The fourth-order valence-corrected chi connectivity index (χ4v) is 3.05. The summed E-state index contributed by atoms with van der Waals surface area (Å²) >= 11 is 12.2. The molecule has 1 aromatic carbocycles. The Balaban J connectivity index is 2.04. The van der Waals surface area contributed by atoms with E-state index in [4.69, 9.17) is 28.0 Å². The standard InChI is InChI=1S/C14H18Cl2N2O3/c1-21-17-5-2-6-18-8-9(7-12(18)20)13-11(19)4-3-10(15)14(13)16/h3-4,9,17,19H,2,5-8H2,1H3. The van der Waals surface area contributed by atoms with Gasteiger partial charge < -0.3 is 14.8 Å². The predicted octanol–water partition coefficient (Wildman–Crippen LogP) is 2.56. The van der Waals surface area contributed by atoms with Crippen LogP contribution in [0.15, 0.2) is 12.1 Å². The molecule has 1 unspecified atom stereocenters. The molecule has 1 atom stereocenters. The van der Waals surface area contributed by atoms with Gasteiger partial charge in [-0.3, -0.25) is 4.79 Å². The topological polar surface area (TPSA) is 61.8 Å². The zero-order chi connectivity index (χ0) is 15.4. The first-order valence-electron chi connectivity index (χ1n) is 6.75. The van der Waals surface area contributed by atoms with Gasteiger partial charge in [0.1, 0.15) is 5.75 Å². The van der Waals surface area contributed by atoms with E-state index in [1.54, 1.807) is 18.1 Å². The van der Waals surface area contributed by atoms with E-state index in [-0.39, 0.29) is 17.6 Å².